The Bertz CT molecular complexity index is 882. The molecule has 0 radical (unpaired) electrons. The number of ether oxygens (including phenoxy) is 1. The Balaban J connectivity index is 2.02. The topological polar surface area (TPSA) is 107 Å². The average Bonchev–Trinajstić information content (AvgIpc) is 2.58. The lowest BCUT2D eigenvalue weighted by atomic mass is 9.98. The van der Waals surface area contributed by atoms with Gasteiger partial charge in [0.05, 0.1) is 12.2 Å². The number of aromatic nitrogens is 2. The Morgan fingerprint density at radius 1 is 1.12 bits per heavy atom. The lowest BCUT2D eigenvalue weighted by Crippen LogP contribution is -2.04. The number of benzene rings is 2. The van der Waals surface area contributed by atoms with Crippen LogP contribution >= 0.6 is 0 Å². The van der Waals surface area contributed by atoms with Crippen molar-refractivity contribution in [1.82, 2.24) is 9.97 Å². The second-order valence-electron chi connectivity index (χ2n) is 5.60. The average molecular weight is 336 g/mol. The van der Waals surface area contributed by atoms with E-state index >= 15 is 0 Å². The van der Waals surface area contributed by atoms with Crippen molar-refractivity contribution in [3.63, 3.8) is 0 Å². The van der Waals surface area contributed by atoms with Gasteiger partial charge in [-0.15, -0.1) is 0 Å². The largest absolute Gasteiger partial charge is 0.507 e. The second kappa shape index (κ2) is 7.09. The molecule has 0 fully saturated rings. The predicted octanol–water partition coefficient (Wildman–Crippen LogP) is 3.00. The fourth-order valence-corrected chi connectivity index (χ4v) is 2.71. The lowest BCUT2D eigenvalue weighted by Gasteiger charge is -2.15. The molecule has 0 aliphatic heterocycles. The molecule has 0 saturated heterocycles. The minimum Gasteiger partial charge on any atom is -0.507 e. The molecule has 128 valence electrons. The van der Waals surface area contributed by atoms with Crippen molar-refractivity contribution in [3.05, 3.63) is 59.8 Å². The van der Waals surface area contributed by atoms with Gasteiger partial charge in [-0.1, -0.05) is 30.3 Å². The third-order valence-electron chi connectivity index (χ3n) is 3.81. The third-order valence-corrected chi connectivity index (χ3v) is 3.81. The Kier molecular flexibility index (Phi) is 4.70. The predicted molar refractivity (Wildman–Crippen MR) is 98.4 cm³/mol. The van der Waals surface area contributed by atoms with E-state index < -0.39 is 0 Å². The van der Waals surface area contributed by atoms with Crippen LogP contribution in [0.4, 0.5) is 11.8 Å². The van der Waals surface area contributed by atoms with Crippen LogP contribution in [0.2, 0.25) is 0 Å². The van der Waals surface area contributed by atoms with Crippen LogP contribution in [0.1, 0.15) is 18.1 Å². The van der Waals surface area contributed by atoms with Gasteiger partial charge in [-0.3, -0.25) is 0 Å². The molecule has 6 nitrogen and oxygen atoms in total. The number of nitrogens with zero attached hydrogens (tertiary/aromatic N) is 2. The summed E-state index contributed by atoms with van der Waals surface area (Å²) in [6, 6.07) is 13.3. The summed E-state index contributed by atoms with van der Waals surface area (Å²) in [6.07, 6.45) is 2.06. The third kappa shape index (κ3) is 3.63. The molecule has 0 bridgehead atoms. The van der Waals surface area contributed by atoms with Crippen LogP contribution in [0.15, 0.2) is 48.7 Å². The number of phenolic OH excluding ortho intramolecular Hbond substituents is 1. The summed E-state index contributed by atoms with van der Waals surface area (Å²) < 4.78 is 5.76. The highest BCUT2D eigenvalue weighted by atomic mass is 16.5. The Morgan fingerprint density at radius 3 is 2.56 bits per heavy atom. The van der Waals surface area contributed by atoms with Gasteiger partial charge in [0.15, 0.2) is 0 Å². The van der Waals surface area contributed by atoms with Crippen molar-refractivity contribution in [2.24, 2.45) is 0 Å². The molecule has 1 aromatic heterocycles. The Hall–Kier alpha value is -3.28. The van der Waals surface area contributed by atoms with Crippen molar-refractivity contribution in [2.45, 2.75) is 13.3 Å². The highest BCUT2D eigenvalue weighted by molar-refractivity contribution is 5.77. The molecule has 0 saturated carbocycles. The number of phenols is 1. The molecule has 2 aromatic carbocycles. The van der Waals surface area contributed by atoms with E-state index in [4.69, 9.17) is 16.2 Å². The van der Waals surface area contributed by atoms with E-state index in [0.717, 1.165) is 16.7 Å². The number of anilines is 2. The standard InChI is InChI=1S/C19H20N4O2/c1-2-25-16-10-12(8-14-11-22-19(21)23-18(14)20)9-15(24)17(16)13-6-4-3-5-7-13/h3-7,9-11,24H,2,8H2,1H3,(H4,20,21,22,23). The van der Waals surface area contributed by atoms with Gasteiger partial charge in [-0.05, 0) is 30.2 Å². The smallest absolute Gasteiger partial charge is 0.221 e. The maximum absolute atomic E-state index is 10.6. The van der Waals surface area contributed by atoms with E-state index in [1.54, 1.807) is 12.3 Å². The molecule has 0 aliphatic rings. The van der Waals surface area contributed by atoms with E-state index in [0.29, 0.717) is 30.2 Å². The zero-order valence-electron chi connectivity index (χ0n) is 13.9. The van der Waals surface area contributed by atoms with Gasteiger partial charge >= 0.3 is 0 Å². The van der Waals surface area contributed by atoms with Gasteiger partial charge in [0.2, 0.25) is 5.95 Å². The molecule has 6 heteroatoms. The van der Waals surface area contributed by atoms with Crippen LogP contribution < -0.4 is 16.2 Å². The summed E-state index contributed by atoms with van der Waals surface area (Å²) in [7, 11) is 0. The first-order chi connectivity index (χ1) is 12.1. The SMILES string of the molecule is CCOc1cc(Cc2cnc(N)nc2N)cc(O)c1-c1ccccc1. The van der Waals surface area contributed by atoms with Gasteiger partial charge in [0.25, 0.3) is 0 Å². The fourth-order valence-electron chi connectivity index (χ4n) is 2.71. The van der Waals surface area contributed by atoms with Crippen LogP contribution in [-0.2, 0) is 6.42 Å². The molecule has 0 unspecified atom stereocenters. The van der Waals surface area contributed by atoms with Crippen LogP contribution in [0.5, 0.6) is 11.5 Å². The first-order valence-corrected chi connectivity index (χ1v) is 7.99. The molecule has 0 spiro atoms. The van der Waals surface area contributed by atoms with Crippen LogP contribution in [-0.4, -0.2) is 21.7 Å². The maximum Gasteiger partial charge on any atom is 0.221 e. The van der Waals surface area contributed by atoms with Gasteiger partial charge in [-0.2, -0.15) is 4.98 Å². The molecule has 0 amide bonds. The Morgan fingerprint density at radius 2 is 1.88 bits per heavy atom. The summed E-state index contributed by atoms with van der Waals surface area (Å²) in [5.41, 5.74) is 14.6. The Labute approximate surface area is 146 Å². The first-order valence-electron chi connectivity index (χ1n) is 7.99. The lowest BCUT2D eigenvalue weighted by molar-refractivity contribution is 0.339. The number of rotatable bonds is 5. The highest BCUT2D eigenvalue weighted by Gasteiger charge is 2.15. The zero-order valence-corrected chi connectivity index (χ0v) is 13.9. The molecule has 1 heterocycles. The number of nitrogen functional groups attached to an aromatic ring is 2. The molecule has 3 aromatic rings. The van der Waals surface area contributed by atoms with Crippen LogP contribution in [0.3, 0.4) is 0 Å². The first kappa shape index (κ1) is 16.6. The summed E-state index contributed by atoms with van der Waals surface area (Å²) >= 11 is 0. The van der Waals surface area contributed by atoms with Gasteiger partial charge in [0.1, 0.15) is 17.3 Å². The van der Waals surface area contributed by atoms with Gasteiger partial charge in [0, 0.05) is 18.2 Å². The minimum atomic E-state index is 0.138. The highest BCUT2D eigenvalue weighted by Crippen LogP contribution is 2.39. The fraction of sp³-hybridized carbons (Fsp3) is 0.158. The van der Waals surface area contributed by atoms with Crippen molar-refractivity contribution < 1.29 is 9.84 Å². The van der Waals surface area contributed by atoms with E-state index in [1.807, 2.05) is 43.3 Å². The van der Waals surface area contributed by atoms with Crippen LogP contribution in [0, 0.1) is 0 Å². The number of nitrogens with two attached hydrogens (primary N) is 2. The van der Waals surface area contributed by atoms with Crippen LogP contribution in [0.25, 0.3) is 11.1 Å². The molecule has 0 aliphatic carbocycles. The monoisotopic (exact) mass is 336 g/mol. The molecular formula is C19H20N4O2. The summed E-state index contributed by atoms with van der Waals surface area (Å²) in [5.74, 6) is 1.25. The van der Waals surface area contributed by atoms with Gasteiger partial charge < -0.3 is 21.3 Å². The summed E-state index contributed by atoms with van der Waals surface area (Å²) in [5, 5.41) is 10.6. The minimum absolute atomic E-state index is 0.138. The quantitative estimate of drug-likeness (QED) is 0.661. The second-order valence-corrected chi connectivity index (χ2v) is 5.60. The van der Waals surface area contributed by atoms with E-state index in [2.05, 4.69) is 9.97 Å². The molecule has 25 heavy (non-hydrogen) atoms. The molecule has 5 N–H and O–H groups in total. The molecule has 3 rings (SSSR count). The van der Waals surface area contributed by atoms with Crippen molar-refractivity contribution in [1.29, 1.82) is 0 Å². The van der Waals surface area contributed by atoms with Crippen molar-refractivity contribution in [3.8, 4) is 22.6 Å². The normalized spacial score (nSPS) is 10.6. The van der Waals surface area contributed by atoms with Crippen molar-refractivity contribution >= 4 is 11.8 Å². The molecule has 0 atom stereocenters. The number of hydrogen-bond donors (Lipinski definition) is 3. The van der Waals surface area contributed by atoms with Gasteiger partial charge in [-0.25, -0.2) is 4.98 Å². The number of hydrogen-bond acceptors (Lipinski definition) is 6. The zero-order chi connectivity index (χ0) is 17.8. The summed E-state index contributed by atoms with van der Waals surface area (Å²) in [6.45, 7) is 2.40. The van der Waals surface area contributed by atoms with E-state index in [1.165, 1.54) is 0 Å². The van der Waals surface area contributed by atoms with Crippen molar-refractivity contribution in [2.75, 3.05) is 18.1 Å². The van der Waals surface area contributed by atoms with E-state index in [-0.39, 0.29) is 11.7 Å². The maximum atomic E-state index is 10.6. The number of aromatic hydroxyl groups is 1. The van der Waals surface area contributed by atoms with E-state index in [9.17, 15) is 5.11 Å². The summed E-state index contributed by atoms with van der Waals surface area (Å²) in [4.78, 5) is 7.94. The molecular weight excluding hydrogens is 316 g/mol.